The van der Waals surface area contributed by atoms with Crippen LogP contribution in [0, 0.1) is 11.3 Å². The highest BCUT2D eigenvalue weighted by Gasteiger charge is 2.14. The third kappa shape index (κ3) is 4.53. The van der Waals surface area contributed by atoms with Gasteiger partial charge in [-0.3, -0.25) is 0 Å². The topological polar surface area (TPSA) is 96.0 Å². The van der Waals surface area contributed by atoms with E-state index < -0.39 is 10.0 Å². The van der Waals surface area contributed by atoms with E-state index in [1.165, 1.54) is 0 Å². The lowest BCUT2D eigenvalue weighted by atomic mass is 10.1. The monoisotopic (exact) mass is 253 g/mol. The van der Waals surface area contributed by atoms with Crippen LogP contribution in [0.1, 0.15) is 18.1 Å². The average molecular weight is 253 g/mol. The number of nitrogens with two attached hydrogens (primary N) is 1. The molecule has 1 rings (SSSR count). The van der Waals surface area contributed by atoms with Crippen molar-refractivity contribution in [3.8, 4) is 6.07 Å². The molecule has 17 heavy (non-hydrogen) atoms. The van der Waals surface area contributed by atoms with Gasteiger partial charge in [-0.15, -0.1) is 0 Å². The van der Waals surface area contributed by atoms with Gasteiger partial charge in [0.05, 0.1) is 17.4 Å². The molecular weight excluding hydrogens is 238 g/mol. The molecule has 0 bridgehead atoms. The van der Waals surface area contributed by atoms with E-state index >= 15 is 0 Å². The standard InChI is InChI=1S/C11H15N3O2S/c1-9(13)7-14-17(15,16)8-11-5-3-2-4-10(11)6-12/h2-5,9,14H,7-8,13H2,1H3. The second-order valence-electron chi connectivity index (χ2n) is 3.85. The molecule has 0 spiro atoms. The minimum absolute atomic E-state index is 0.192. The third-order valence-electron chi connectivity index (χ3n) is 2.11. The number of sulfonamides is 1. The van der Waals surface area contributed by atoms with Crippen LogP contribution in [0.4, 0.5) is 0 Å². The molecule has 1 aromatic carbocycles. The maximum absolute atomic E-state index is 11.7. The predicted octanol–water partition coefficient (Wildman–Crippen LogP) is 0.325. The predicted molar refractivity (Wildman–Crippen MR) is 65.4 cm³/mol. The van der Waals surface area contributed by atoms with Crippen molar-refractivity contribution in [3.05, 3.63) is 35.4 Å². The zero-order chi connectivity index (χ0) is 12.9. The van der Waals surface area contributed by atoms with E-state index in [2.05, 4.69) is 4.72 Å². The highest BCUT2D eigenvalue weighted by Crippen LogP contribution is 2.10. The Kier molecular flexibility index (Phi) is 4.63. The Labute approximate surface area is 101 Å². The lowest BCUT2D eigenvalue weighted by molar-refractivity contribution is 0.573. The molecule has 6 heteroatoms. The quantitative estimate of drug-likeness (QED) is 0.790. The highest BCUT2D eigenvalue weighted by molar-refractivity contribution is 7.88. The largest absolute Gasteiger partial charge is 0.327 e. The summed E-state index contributed by atoms with van der Waals surface area (Å²) in [4.78, 5) is 0. The number of benzene rings is 1. The van der Waals surface area contributed by atoms with Crippen LogP contribution in [0.2, 0.25) is 0 Å². The van der Waals surface area contributed by atoms with E-state index in [0.29, 0.717) is 11.1 Å². The molecule has 1 unspecified atom stereocenters. The molecule has 0 saturated heterocycles. The average Bonchev–Trinajstić information content (AvgIpc) is 2.27. The fraction of sp³-hybridized carbons (Fsp3) is 0.364. The number of hydrogen-bond donors (Lipinski definition) is 2. The first-order valence-corrected chi connectivity index (χ1v) is 6.81. The summed E-state index contributed by atoms with van der Waals surface area (Å²) in [7, 11) is -3.44. The molecule has 0 amide bonds. The van der Waals surface area contributed by atoms with E-state index in [1.54, 1.807) is 31.2 Å². The van der Waals surface area contributed by atoms with Crippen molar-refractivity contribution in [2.75, 3.05) is 6.54 Å². The van der Waals surface area contributed by atoms with Crippen molar-refractivity contribution in [1.82, 2.24) is 4.72 Å². The van der Waals surface area contributed by atoms with Crippen LogP contribution in [0.3, 0.4) is 0 Å². The van der Waals surface area contributed by atoms with Gasteiger partial charge in [0.15, 0.2) is 0 Å². The second kappa shape index (κ2) is 5.77. The Hall–Kier alpha value is -1.42. The van der Waals surface area contributed by atoms with Crippen molar-refractivity contribution in [3.63, 3.8) is 0 Å². The molecule has 0 aliphatic carbocycles. The zero-order valence-electron chi connectivity index (χ0n) is 9.55. The Morgan fingerprint density at radius 1 is 1.47 bits per heavy atom. The molecule has 1 atom stereocenters. The summed E-state index contributed by atoms with van der Waals surface area (Å²) in [5.74, 6) is -0.205. The van der Waals surface area contributed by atoms with Gasteiger partial charge in [-0.1, -0.05) is 18.2 Å². The molecule has 92 valence electrons. The minimum atomic E-state index is -3.44. The van der Waals surface area contributed by atoms with Crippen LogP contribution in [-0.4, -0.2) is 21.0 Å². The fourth-order valence-electron chi connectivity index (χ4n) is 1.27. The first kappa shape index (κ1) is 13.6. The molecule has 0 aliphatic rings. The highest BCUT2D eigenvalue weighted by atomic mass is 32.2. The molecule has 0 aliphatic heterocycles. The van der Waals surface area contributed by atoms with Crippen molar-refractivity contribution in [2.45, 2.75) is 18.7 Å². The van der Waals surface area contributed by atoms with Crippen molar-refractivity contribution >= 4 is 10.0 Å². The molecule has 0 saturated carbocycles. The normalized spacial score (nSPS) is 13.0. The summed E-state index contributed by atoms with van der Waals surface area (Å²) in [6.45, 7) is 1.91. The van der Waals surface area contributed by atoms with Gasteiger partial charge in [-0.05, 0) is 18.6 Å². The lowest BCUT2D eigenvalue weighted by Gasteiger charge is -2.09. The summed E-state index contributed by atoms with van der Waals surface area (Å²) < 4.78 is 25.8. The van der Waals surface area contributed by atoms with Gasteiger partial charge < -0.3 is 5.73 Å². The van der Waals surface area contributed by atoms with E-state index in [-0.39, 0.29) is 18.3 Å². The van der Waals surface area contributed by atoms with Gasteiger partial charge in [0.1, 0.15) is 0 Å². The SMILES string of the molecule is CC(N)CNS(=O)(=O)Cc1ccccc1C#N. The first-order valence-electron chi connectivity index (χ1n) is 5.15. The van der Waals surface area contributed by atoms with E-state index in [0.717, 1.165) is 0 Å². The summed E-state index contributed by atoms with van der Waals surface area (Å²) in [6, 6.07) is 8.35. The van der Waals surface area contributed by atoms with Gasteiger partial charge in [-0.2, -0.15) is 5.26 Å². The third-order valence-corrected chi connectivity index (χ3v) is 3.41. The molecule has 0 heterocycles. The summed E-state index contributed by atoms with van der Waals surface area (Å²) in [6.07, 6.45) is 0. The number of nitriles is 1. The van der Waals surface area contributed by atoms with E-state index in [9.17, 15) is 8.42 Å². The molecule has 3 N–H and O–H groups in total. The van der Waals surface area contributed by atoms with Crippen LogP contribution >= 0.6 is 0 Å². The maximum Gasteiger partial charge on any atom is 0.215 e. The van der Waals surface area contributed by atoms with Crippen LogP contribution in [0.5, 0.6) is 0 Å². The van der Waals surface area contributed by atoms with Gasteiger partial charge >= 0.3 is 0 Å². The van der Waals surface area contributed by atoms with Crippen LogP contribution < -0.4 is 10.5 Å². The second-order valence-corrected chi connectivity index (χ2v) is 5.66. The Balaban J connectivity index is 2.80. The molecule has 0 aromatic heterocycles. The molecule has 5 nitrogen and oxygen atoms in total. The Morgan fingerprint density at radius 3 is 2.71 bits per heavy atom. The van der Waals surface area contributed by atoms with Gasteiger partial charge in [0.25, 0.3) is 0 Å². The van der Waals surface area contributed by atoms with Gasteiger partial charge in [0, 0.05) is 12.6 Å². The Bertz CT molecular complexity index is 518. The maximum atomic E-state index is 11.7. The molecule has 0 radical (unpaired) electrons. The van der Waals surface area contributed by atoms with Gasteiger partial charge in [-0.25, -0.2) is 13.1 Å². The number of nitrogens with one attached hydrogen (secondary N) is 1. The van der Waals surface area contributed by atoms with Crippen molar-refractivity contribution in [1.29, 1.82) is 5.26 Å². The van der Waals surface area contributed by atoms with Crippen LogP contribution in [-0.2, 0) is 15.8 Å². The minimum Gasteiger partial charge on any atom is -0.327 e. The molecule has 1 aromatic rings. The summed E-state index contributed by atoms with van der Waals surface area (Å²) in [5, 5.41) is 8.85. The number of rotatable bonds is 5. The fourth-order valence-corrected chi connectivity index (χ4v) is 2.55. The van der Waals surface area contributed by atoms with Crippen LogP contribution in [0.15, 0.2) is 24.3 Å². The Morgan fingerprint density at radius 2 is 2.12 bits per heavy atom. The number of nitrogens with zero attached hydrogens (tertiary/aromatic N) is 1. The molecular formula is C11H15N3O2S. The summed E-state index contributed by atoms with van der Waals surface area (Å²) >= 11 is 0. The smallest absolute Gasteiger partial charge is 0.215 e. The van der Waals surface area contributed by atoms with E-state index in [1.807, 2.05) is 6.07 Å². The number of hydrogen-bond acceptors (Lipinski definition) is 4. The van der Waals surface area contributed by atoms with Gasteiger partial charge in [0.2, 0.25) is 10.0 Å². The van der Waals surface area contributed by atoms with E-state index in [4.69, 9.17) is 11.0 Å². The summed E-state index contributed by atoms with van der Waals surface area (Å²) in [5.41, 5.74) is 6.34. The van der Waals surface area contributed by atoms with Crippen molar-refractivity contribution in [2.24, 2.45) is 5.73 Å². The van der Waals surface area contributed by atoms with Crippen LogP contribution in [0.25, 0.3) is 0 Å². The van der Waals surface area contributed by atoms with Crippen molar-refractivity contribution < 1.29 is 8.42 Å². The zero-order valence-corrected chi connectivity index (χ0v) is 10.4. The molecule has 0 fully saturated rings. The lowest BCUT2D eigenvalue weighted by Crippen LogP contribution is -2.35. The first-order chi connectivity index (χ1) is 7.94.